The second kappa shape index (κ2) is 6.27. The molecule has 7 heteroatoms. The maximum Gasteiger partial charge on any atom is 2.00 e. The summed E-state index contributed by atoms with van der Waals surface area (Å²) in [5.41, 5.74) is 0. The van der Waals surface area contributed by atoms with E-state index in [4.69, 9.17) is 0 Å². The van der Waals surface area contributed by atoms with Crippen LogP contribution in [0.2, 0.25) is 0 Å². The molecule has 0 aromatic rings. The van der Waals surface area contributed by atoms with Crippen LogP contribution in [-0.2, 0) is 43.2 Å². The van der Waals surface area contributed by atoms with Crippen molar-refractivity contribution in [3.8, 4) is 0 Å². The van der Waals surface area contributed by atoms with E-state index in [2.05, 4.69) is 4.52 Å². The minimum Gasteiger partial charge on any atom is -0.790 e. The van der Waals surface area contributed by atoms with Crippen molar-refractivity contribution in [3.05, 3.63) is 0 Å². The third-order valence-electron chi connectivity index (χ3n) is 0.224. The van der Waals surface area contributed by atoms with E-state index in [-0.39, 0.29) is 34.1 Å². The number of hydrogen-bond donors (Lipinski definition) is 0. The molecule has 0 atom stereocenters. The Morgan fingerprint density at radius 1 is 1.50 bits per heavy atom. The Hall–Kier alpha value is 1.15. The third-order valence-corrected chi connectivity index (χ3v) is 0.671. The second-order valence-electron chi connectivity index (χ2n) is 0.630. The van der Waals surface area contributed by atoms with E-state index in [0.717, 1.165) is 7.11 Å². The third kappa shape index (κ3) is 15.7. The first-order chi connectivity index (χ1) is 2.56. The van der Waals surface area contributed by atoms with Gasteiger partial charge in [-0.15, -0.1) is 0 Å². The molecule has 0 N–H and O–H groups in total. The summed E-state index contributed by atoms with van der Waals surface area (Å²) in [5.74, 6) is 0. The fourth-order valence-corrected chi connectivity index (χ4v) is 0. The first-order valence-corrected chi connectivity index (χ1v) is 2.60. The number of hydrogen-bond acceptors (Lipinski definition) is 4. The van der Waals surface area contributed by atoms with Crippen molar-refractivity contribution < 1.29 is 53.0 Å². The van der Waals surface area contributed by atoms with E-state index in [9.17, 15) is 14.4 Å². The second-order valence-corrected chi connectivity index (χ2v) is 1.89. The van der Waals surface area contributed by atoms with Crippen molar-refractivity contribution in [2.75, 3.05) is 7.11 Å². The summed E-state index contributed by atoms with van der Waals surface area (Å²) >= 11 is 0. The van der Waals surface area contributed by atoms with Gasteiger partial charge < -0.3 is 18.9 Å². The van der Waals surface area contributed by atoms with E-state index < -0.39 is 7.82 Å². The average Bonchev–Trinajstić information content (AvgIpc) is 1.35. The van der Waals surface area contributed by atoms with E-state index >= 15 is 0 Å². The molecule has 0 bridgehead atoms. The molecule has 0 aliphatic heterocycles. The summed E-state index contributed by atoms with van der Waals surface area (Å²) in [4.78, 5) is 18.5. The van der Waals surface area contributed by atoms with Crippen LogP contribution in [0, 0.1) is 0 Å². The molecule has 51 valence electrons. The topological polar surface area (TPSA) is 72.4 Å². The van der Waals surface area contributed by atoms with Gasteiger partial charge in [0.2, 0.25) is 0 Å². The fraction of sp³-hybridized carbons (Fsp3) is 1.00. The van der Waals surface area contributed by atoms with Crippen molar-refractivity contribution in [2.45, 2.75) is 0 Å². The van der Waals surface area contributed by atoms with Crippen LogP contribution in [0.25, 0.3) is 0 Å². The number of rotatable bonds is 1. The summed E-state index contributed by atoms with van der Waals surface area (Å²) in [7, 11) is -3.83. The van der Waals surface area contributed by atoms with E-state index in [1.807, 2.05) is 0 Å². The molecular formula is CH3FeMnO4P. The van der Waals surface area contributed by atoms with Crippen LogP contribution in [0.4, 0.5) is 0 Å². The predicted octanol–water partition coefficient (Wildman–Crippen LogP) is -1.54. The van der Waals surface area contributed by atoms with Crippen LogP contribution in [0.5, 0.6) is 0 Å². The molecule has 0 spiro atoms. The van der Waals surface area contributed by atoms with Crippen molar-refractivity contribution >= 4 is 7.82 Å². The van der Waals surface area contributed by atoms with E-state index in [0.29, 0.717) is 0 Å². The Kier molecular flexibility index (Phi) is 12.6. The van der Waals surface area contributed by atoms with Gasteiger partial charge in [-0.3, -0.25) is 0 Å². The van der Waals surface area contributed by atoms with Crippen LogP contribution in [0.3, 0.4) is 0 Å². The van der Waals surface area contributed by atoms with Gasteiger partial charge in [0.05, 0.1) is 7.82 Å². The summed E-state index contributed by atoms with van der Waals surface area (Å²) in [6, 6.07) is 0. The number of phosphoric ester groups is 1. The van der Waals surface area contributed by atoms with Gasteiger partial charge >= 0.3 is 17.1 Å². The minimum absolute atomic E-state index is 0. The monoisotopic (exact) mass is 221 g/mol. The molecule has 0 unspecified atom stereocenters. The SMILES string of the molecule is COP(=O)([O-])[O-].[Fe].[Mn+2]. The standard InChI is InChI=1S/CH5O4P.Fe.Mn/c1-5-6(2,3)4;;/h1H3,(H2,2,3,4);;/q;;+2/p-2. The zero-order chi connectivity index (χ0) is 5.21. The van der Waals surface area contributed by atoms with Gasteiger partial charge in [-0.25, -0.2) is 0 Å². The van der Waals surface area contributed by atoms with E-state index in [1.165, 1.54) is 0 Å². The zero-order valence-corrected chi connectivity index (χ0v) is 6.99. The minimum atomic E-state index is -4.65. The quantitative estimate of drug-likeness (QED) is 0.397. The van der Waals surface area contributed by atoms with Crippen molar-refractivity contribution in [2.24, 2.45) is 0 Å². The van der Waals surface area contributed by atoms with Crippen LogP contribution in [-0.4, -0.2) is 7.11 Å². The van der Waals surface area contributed by atoms with Crippen molar-refractivity contribution in [1.29, 1.82) is 0 Å². The Bertz CT molecular complexity index is 80.1. The maximum atomic E-state index is 9.25. The zero-order valence-electron chi connectivity index (χ0n) is 3.81. The first-order valence-electron chi connectivity index (χ1n) is 1.14. The molecule has 0 saturated carbocycles. The average molecular weight is 221 g/mol. The smallest absolute Gasteiger partial charge is 0.790 e. The Labute approximate surface area is 68.2 Å². The van der Waals surface area contributed by atoms with Crippen molar-refractivity contribution in [1.82, 2.24) is 0 Å². The molecule has 8 heavy (non-hydrogen) atoms. The molecule has 0 aromatic heterocycles. The summed E-state index contributed by atoms with van der Waals surface area (Å²) in [5, 5.41) is 0. The van der Waals surface area contributed by atoms with E-state index in [1.54, 1.807) is 0 Å². The van der Waals surface area contributed by atoms with Gasteiger partial charge in [0, 0.05) is 24.2 Å². The summed E-state index contributed by atoms with van der Waals surface area (Å²) in [6.45, 7) is 0. The molecule has 0 aromatic carbocycles. The first kappa shape index (κ1) is 16.1. The van der Waals surface area contributed by atoms with Gasteiger partial charge in [-0.05, 0) is 0 Å². The van der Waals surface area contributed by atoms with Gasteiger partial charge in [-0.1, -0.05) is 0 Å². The molecule has 0 aliphatic rings. The van der Waals surface area contributed by atoms with Gasteiger partial charge in [0.1, 0.15) is 0 Å². The molecule has 0 rings (SSSR count). The largest absolute Gasteiger partial charge is 2.00 e. The maximum absolute atomic E-state index is 9.25. The Morgan fingerprint density at radius 3 is 1.62 bits per heavy atom. The van der Waals surface area contributed by atoms with Crippen LogP contribution >= 0.6 is 7.82 Å². The van der Waals surface area contributed by atoms with Gasteiger partial charge in [0.25, 0.3) is 0 Å². The van der Waals surface area contributed by atoms with Crippen LogP contribution in [0.1, 0.15) is 0 Å². The predicted molar refractivity (Wildman–Crippen MR) is 14.6 cm³/mol. The normalized spacial score (nSPS) is 8.88. The molecular weight excluding hydrogens is 218 g/mol. The van der Waals surface area contributed by atoms with Gasteiger partial charge in [0.15, 0.2) is 0 Å². The van der Waals surface area contributed by atoms with Crippen molar-refractivity contribution in [3.63, 3.8) is 0 Å². The van der Waals surface area contributed by atoms with Crippen LogP contribution in [0.15, 0.2) is 0 Å². The Morgan fingerprint density at radius 2 is 1.62 bits per heavy atom. The summed E-state index contributed by atoms with van der Waals surface area (Å²) in [6.07, 6.45) is 0. The molecule has 0 saturated heterocycles. The molecule has 0 heterocycles. The molecule has 0 amide bonds. The number of phosphoric acid groups is 1. The molecule has 4 nitrogen and oxygen atoms in total. The summed E-state index contributed by atoms with van der Waals surface area (Å²) < 4.78 is 12.6. The molecule has 1 radical (unpaired) electrons. The van der Waals surface area contributed by atoms with Gasteiger partial charge in [-0.2, -0.15) is 0 Å². The molecule has 0 fully saturated rings. The van der Waals surface area contributed by atoms with Crippen LogP contribution < -0.4 is 9.79 Å². The molecule has 0 aliphatic carbocycles. The Balaban J connectivity index is -0.000000125. The fourth-order valence-electron chi connectivity index (χ4n) is 0.